The third kappa shape index (κ3) is 5.09. The number of sulfonamides is 1. The first-order valence-electron chi connectivity index (χ1n) is 10.6. The molecular formula is C24H21ClFN3O4S2. The van der Waals surface area contributed by atoms with Gasteiger partial charge in [0.2, 0.25) is 5.91 Å². The lowest BCUT2D eigenvalue weighted by atomic mass is 10.2. The Hall–Kier alpha value is -3.21. The van der Waals surface area contributed by atoms with Gasteiger partial charge in [-0.25, -0.2) is 12.8 Å². The van der Waals surface area contributed by atoms with Crippen molar-refractivity contribution in [2.75, 3.05) is 16.2 Å². The van der Waals surface area contributed by atoms with E-state index in [1.165, 1.54) is 18.2 Å². The number of hydrogen-bond donors (Lipinski definition) is 1. The molecule has 0 bridgehead atoms. The second kappa shape index (κ2) is 9.80. The molecule has 3 aromatic carbocycles. The quantitative estimate of drug-likeness (QED) is 0.350. The van der Waals surface area contributed by atoms with Crippen molar-refractivity contribution in [3.8, 4) is 0 Å². The molecule has 0 atom stereocenters. The van der Waals surface area contributed by atoms with E-state index in [0.29, 0.717) is 10.4 Å². The number of hydrogen-bond acceptors (Lipinski definition) is 5. The second-order valence-electron chi connectivity index (χ2n) is 7.99. The summed E-state index contributed by atoms with van der Waals surface area (Å²) >= 11 is 6.95. The van der Waals surface area contributed by atoms with E-state index in [9.17, 15) is 22.4 Å². The minimum atomic E-state index is -4.17. The van der Waals surface area contributed by atoms with E-state index in [-0.39, 0.29) is 26.5 Å². The molecule has 0 spiro atoms. The van der Waals surface area contributed by atoms with Crippen molar-refractivity contribution >= 4 is 60.5 Å². The number of thiazole rings is 1. The van der Waals surface area contributed by atoms with Crippen molar-refractivity contribution < 1.29 is 17.6 Å². The van der Waals surface area contributed by atoms with Gasteiger partial charge in [0.05, 0.1) is 25.8 Å². The number of amides is 1. The van der Waals surface area contributed by atoms with E-state index >= 15 is 0 Å². The summed E-state index contributed by atoms with van der Waals surface area (Å²) in [6.45, 7) is 3.24. The van der Waals surface area contributed by atoms with Gasteiger partial charge in [-0.2, -0.15) is 0 Å². The number of benzene rings is 3. The van der Waals surface area contributed by atoms with Crippen LogP contribution >= 0.6 is 22.9 Å². The molecule has 35 heavy (non-hydrogen) atoms. The van der Waals surface area contributed by atoms with Crippen LogP contribution in [0.25, 0.3) is 10.2 Å². The van der Waals surface area contributed by atoms with Crippen LogP contribution < -0.4 is 14.5 Å². The summed E-state index contributed by atoms with van der Waals surface area (Å²) in [6, 6.07) is 16.1. The summed E-state index contributed by atoms with van der Waals surface area (Å²) in [6.07, 6.45) is 0. The van der Waals surface area contributed by atoms with Crippen molar-refractivity contribution in [2.45, 2.75) is 24.8 Å². The number of rotatable bonds is 7. The Bertz CT molecular complexity index is 1570. The summed E-state index contributed by atoms with van der Waals surface area (Å²) in [4.78, 5) is 25.1. The van der Waals surface area contributed by atoms with Crippen LogP contribution in [0, 0.1) is 5.82 Å². The van der Waals surface area contributed by atoms with Crippen LogP contribution in [0.2, 0.25) is 5.02 Å². The van der Waals surface area contributed by atoms with E-state index in [2.05, 4.69) is 5.32 Å². The van der Waals surface area contributed by atoms with E-state index in [1.54, 1.807) is 41.0 Å². The fraction of sp³-hybridized carbons (Fsp3) is 0.167. The number of halogens is 2. The molecule has 0 aliphatic carbocycles. The lowest BCUT2D eigenvalue weighted by Crippen LogP contribution is -2.38. The van der Waals surface area contributed by atoms with Crippen molar-refractivity contribution in [2.24, 2.45) is 0 Å². The van der Waals surface area contributed by atoms with E-state index in [4.69, 9.17) is 11.6 Å². The molecule has 11 heteroatoms. The van der Waals surface area contributed by atoms with Crippen LogP contribution in [0.5, 0.6) is 0 Å². The minimum absolute atomic E-state index is 0.0176. The first-order chi connectivity index (χ1) is 16.6. The molecule has 0 aliphatic heterocycles. The molecule has 1 heterocycles. The highest BCUT2D eigenvalue weighted by Crippen LogP contribution is 2.28. The number of fused-ring (bicyclic) bond motifs is 1. The Morgan fingerprint density at radius 1 is 1.11 bits per heavy atom. The van der Waals surface area contributed by atoms with E-state index in [0.717, 1.165) is 33.3 Å². The molecule has 0 radical (unpaired) electrons. The summed E-state index contributed by atoms with van der Waals surface area (Å²) in [5.41, 5.74) is 1.20. The zero-order chi connectivity index (χ0) is 25.3. The molecule has 0 aliphatic rings. The van der Waals surface area contributed by atoms with E-state index in [1.807, 2.05) is 13.8 Å². The highest BCUT2D eigenvalue weighted by Gasteiger charge is 2.28. The van der Waals surface area contributed by atoms with Crippen LogP contribution in [0.3, 0.4) is 0 Å². The SMILES string of the molecule is CC(C)n1c(=O)sc2cc(NC(=O)CN(c3ccc(F)c(Cl)c3)S(=O)(=O)c3ccccc3)ccc21. The average molecular weight is 534 g/mol. The summed E-state index contributed by atoms with van der Waals surface area (Å²) in [5.74, 6) is -1.34. The maximum atomic E-state index is 13.7. The zero-order valence-electron chi connectivity index (χ0n) is 18.7. The van der Waals surface area contributed by atoms with Gasteiger partial charge < -0.3 is 5.32 Å². The maximum absolute atomic E-state index is 13.7. The molecule has 0 saturated carbocycles. The number of anilines is 2. The number of carbonyl (C=O) groups excluding carboxylic acids is 1. The normalized spacial score (nSPS) is 11.7. The van der Waals surface area contributed by atoms with Crippen LogP contribution in [-0.4, -0.2) is 25.4 Å². The highest BCUT2D eigenvalue weighted by atomic mass is 35.5. The van der Waals surface area contributed by atoms with Gasteiger partial charge in [-0.3, -0.25) is 18.5 Å². The van der Waals surface area contributed by atoms with Crippen molar-refractivity contribution in [3.05, 3.63) is 87.2 Å². The Labute approximate surface area is 210 Å². The lowest BCUT2D eigenvalue weighted by Gasteiger charge is -2.24. The van der Waals surface area contributed by atoms with Crippen LogP contribution in [0.4, 0.5) is 15.8 Å². The predicted molar refractivity (Wildman–Crippen MR) is 137 cm³/mol. The van der Waals surface area contributed by atoms with E-state index < -0.39 is 28.3 Å². The molecule has 7 nitrogen and oxygen atoms in total. The van der Waals surface area contributed by atoms with Crippen LogP contribution in [-0.2, 0) is 14.8 Å². The number of carbonyl (C=O) groups is 1. The van der Waals surface area contributed by atoms with Gasteiger partial charge in [0.1, 0.15) is 12.4 Å². The molecule has 1 N–H and O–H groups in total. The standard InChI is InChI=1S/C24H21ClFN3O4S2/c1-15(2)29-21-11-8-16(12-22(21)34-24(29)31)27-23(30)14-28(17-9-10-20(26)19(25)13-17)35(32,33)18-6-4-3-5-7-18/h3-13,15H,14H2,1-2H3,(H,27,30). The third-order valence-corrected chi connectivity index (χ3v) is 8.22. The average Bonchev–Trinajstić information content (AvgIpc) is 3.15. The van der Waals surface area contributed by atoms with Crippen LogP contribution in [0.1, 0.15) is 19.9 Å². The summed E-state index contributed by atoms with van der Waals surface area (Å²) in [7, 11) is -4.17. The molecule has 1 amide bonds. The fourth-order valence-corrected chi connectivity index (χ4v) is 6.27. The molecule has 0 saturated heterocycles. The molecule has 4 rings (SSSR count). The Morgan fingerprint density at radius 3 is 2.49 bits per heavy atom. The van der Waals surface area contributed by atoms with Crippen LogP contribution in [0.15, 0.2) is 76.4 Å². The van der Waals surface area contributed by atoms with Gasteiger partial charge in [-0.05, 0) is 62.4 Å². The number of nitrogens with one attached hydrogen (secondary N) is 1. The Morgan fingerprint density at radius 2 is 1.83 bits per heavy atom. The molecule has 182 valence electrons. The van der Waals surface area contributed by atoms with Gasteiger partial charge in [0.25, 0.3) is 10.0 Å². The van der Waals surface area contributed by atoms with Gasteiger partial charge >= 0.3 is 4.87 Å². The van der Waals surface area contributed by atoms with Gasteiger partial charge in [0, 0.05) is 11.7 Å². The Balaban J connectivity index is 1.66. The largest absolute Gasteiger partial charge is 0.324 e. The zero-order valence-corrected chi connectivity index (χ0v) is 21.1. The predicted octanol–water partition coefficient (Wildman–Crippen LogP) is 5.27. The monoisotopic (exact) mass is 533 g/mol. The number of nitrogens with zero attached hydrogens (tertiary/aromatic N) is 2. The van der Waals surface area contributed by atoms with Crippen molar-refractivity contribution in [1.82, 2.24) is 4.57 Å². The molecular weight excluding hydrogens is 513 g/mol. The topological polar surface area (TPSA) is 88.5 Å². The first-order valence-corrected chi connectivity index (χ1v) is 13.2. The second-order valence-corrected chi connectivity index (χ2v) is 11.2. The minimum Gasteiger partial charge on any atom is -0.324 e. The highest BCUT2D eigenvalue weighted by molar-refractivity contribution is 7.92. The molecule has 0 fully saturated rings. The first kappa shape index (κ1) is 24.9. The van der Waals surface area contributed by atoms with Gasteiger partial charge in [-0.15, -0.1) is 0 Å². The van der Waals surface area contributed by atoms with Gasteiger partial charge in [0.15, 0.2) is 0 Å². The maximum Gasteiger partial charge on any atom is 0.308 e. The van der Waals surface area contributed by atoms with Crippen molar-refractivity contribution in [3.63, 3.8) is 0 Å². The van der Waals surface area contributed by atoms with Gasteiger partial charge in [-0.1, -0.05) is 41.1 Å². The molecule has 4 aromatic rings. The number of aromatic nitrogens is 1. The Kier molecular flexibility index (Phi) is 6.98. The van der Waals surface area contributed by atoms with Crippen molar-refractivity contribution in [1.29, 1.82) is 0 Å². The summed E-state index contributed by atoms with van der Waals surface area (Å²) in [5, 5.41) is 2.41. The lowest BCUT2D eigenvalue weighted by molar-refractivity contribution is -0.114. The molecule has 1 aromatic heterocycles. The summed E-state index contributed by atoms with van der Waals surface area (Å²) < 4.78 is 43.7. The fourth-order valence-electron chi connectivity index (χ4n) is 3.61. The molecule has 0 unspecified atom stereocenters. The third-order valence-electron chi connectivity index (χ3n) is 5.22. The smallest absolute Gasteiger partial charge is 0.308 e.